The molecule has 0 bridgehead atoms. The van der Waals surface area contributed by atoms with E-state index in [9.17, 15) is 8.78 Å². The molecule has 94 valence electrons. The van der Waals surface area contributed by atoms with Gasteiger partial charge in [0.25, 0.3) is 0 Å². The number of nitrogen functional groups attached to an aromatic ring is 1. The lowest BCUT2D eigenvalue weighted by atomic mass is 10.3. The van der Waals surface area contributed by atoms with Crippen molar-refractivity contribution in [3.63, 3.8) is 0 Å². The summed E-state index contributed by atoms with van der Waals surface area (Å²) >= 11 is 12.7. The Hall–Kier alpha value is -0.970. The number of hydrogen-bond acceptors (Lipinski definition) is 2. The maximum absolute atomic E-state index is 13.6. The van der Waals surface area contributed by atoms with Crippen LogP contribution in [0.3, 0.4) is 0 Å². The molecule has 0 spiro atoms. The second kappa shape index (κ2) is 5.34. The Kier molecular flexibility index (Phi) is 4.00. The van der Waals surface area contributed by atoms with Gasteiger partial charge in [0.2, 0.25) is 0 Å². The van der Waals surface area contributed by atoms with Gasteiger partial charge in [-0.1, -0.05) is 35.0 Å². The molecule has 0 aliphatic carbocycles. The lowest BCUT2D eigenvalue weighted by Gasteiger charge is -2.09. The molecule has 18 heavy (non-hydrogen) atoms. The third kappa shape index (κ3) is 2.71. The van der Waals surface area contributed by atoms with Crippen LogP contribution in [0.5, 0.6) is 0 Å². The average molecular weight is 306 g/mol. The van der Waals surface area contributed by atoms with Crippen LogP contribution in [0.15, 0.2) is 40.1 Å². The molecule has 0 unspecified atom stereocenters. The van der Waals surface area contributed by atoms with Gasteiger partial charge in [0, 0.05) is 15.6 Å². The maximum Gasteiger partial charge on any atom is 0.174 e. The number of nitrogens with two attached hydrogens (primary N) is 1. The number of rotatable bonds is 2. The largest absolute Gasteiger partial charge is 0.398 e. The van der Waals surface area contributed by atoms with E-state index in [0.29, 0.717) is 14.9 Å². The van der Waals surface area contributed by atoms with E-state index in [1.165, 1.54) is 6.07 Å². The third-order valence-corrected chi connectivity index (χ3v) is 4.04. The Balaban J connectivity index is 2.46. The van der Waals surface area contributed by atoms with Crippen molar-refractivity contribution in [3.8, 4) is 0 Å². The fraction of sp³-hybridized carbons (Fsp3) is 0. The number of hydrogen-bond donors (Lipinski definition) is 1. The first-order chi connectivity index (χ1) is 8.49. The summed E-state index contributed by atoms with van der Waals surface area (Å²) in [4.78, 5) is 0.513. The number of halogens is 4. The first-order valence-electron chi connectivity index (χ1n) is 4.85. The van der Waals surface area contributed by atoms with E-state index >= 15 is 0 Å². The van der Waals surface area contributed by atoms with Gasteiger partial charge in [0.05, 0.1) is 9.92 Å². The second-order valence-corrected chi connectivity index (χ2v) is 5.35. The Labute approximate surface area is 117 Å². The monoisotopic (exact) mass is 305 g/mol. The topological polar surface area (TPSA) is 26.0 Å². The van der Waals surface area contributed by atoms with Crippen LogP contribution in [-0.4, -0.2) is 0 Å². The molecular formula is C12H7Cl2F2NS. The quantitative estimate of drug-likeness (QED) is 0.790. The minimum absolute atomic E-state index is 0.000772. The second-order valence-electron chi connectivity index (χ2n) is 3.46. The Morgan fingerprint density at radius 2 is 1.78 bits per heavy atom. The van der Waals surface area contributed by atoms with Gasteiger partial charge >= 0.3 is 0 Å². The van der Waals surface area contributed by atoms with Crippen molar-refractivity contribution in [2.75, 3.05) is 5.73 Å². The van der Waals surface area contributed by atoms with E-state index < -0.39 is 11.6 Å². The van der Waals surface area contributed by atoms with Crippen LogP contribution in [0, 0.1) is 11.6 Å². The van der Waals surface area contributed by atoms with Gasteiger partial charge in [-0.3, -0.25) is 0 Å². The van der Waals surface area contributed by atoms with E-state index in [2.05, 4.69) is 0 Å². The molecule has 1 nitrogen and oxygen atoms in total. The summed E-state index contributed by atoms with van der Waals surface area (Å²) in [6.07, 6.45) is 0. The van der Waals surface area contributed by atoms with Crippen molar-refractivity contribution in [2.45, 2.75) is 9.79 Å². The minimum Gasteiger partial charge on any atom is -0.398 e. The first-order valence-corrected chi connectivity index (χ1v) is 6.42. The molecule has 0 saturated carbocycles. The molecule has 0 aromatic heterocycles. The van der Waals surface area contributed by atoms with Gasteiger partial charge < -0.3 is 5.73 Å². The molecule has 0 saturated heterocycles. The van der Waals surface area contributed by atoms with Crippen LogP contribution in [0.1, 0.15) is 0 Å². The summed E-state index contributed by atoms with van der Waals surface area (Å²) in [6.45, 7) is 0. The van der Waals surface area contributed by atoms with Crippen molar-refractivity contribution >= 4 is 40.7 Å². The molecule has 0 amide bonds. The highest BCUT2D eigenvalue weighted by molar-refractivity contribution is 7.99. The van der Waals surface area contributed by atoms with Crippen molar-refractivity contribution < 1.29 is 8.78 Å². The molecule has 0 fully saturated rings. The molecule has 0 heterocycles. The van der Waals surface area contributed by atoms with Crippen molar-refractivity contribution in [3.05, 3.63) is 52.0 Å². The van der Waals surface area contributed by atoms with Crippen LogP contribution >= 0.6 is 35.0 Å². The molecule has 2 rings (SSSR count). The lowest BCUT2D eigenvalue weighted by molar-refractivity contribution is 0.492. The highest BCUT2D eigenvalue weighted by atomic mass is 35.5. The zero-order valence-electron chi connectivity index (χ0n) is 8.88. The van der Waals surface area contributed by atoms with Gasteiger partial charge in [0.15, 0.2) is 11.6 Å². The summed E-state index contributed by atoms with van der Waals surface area (Å²) < 4.78 is 26.8. The number of anilines is 1. The fourth-order valence-electron chi connectivity index (χ4n) is 1.32. The molecule has 0 aliphatic rings. The van der Waals surface area contributed by atoms with Crippen LogP contribution < -0.4 is 5.73 Å². The number of benzene rings is 2. The summed E-state index contributed by atoms with van der Waals surface area (Å²) in [5.74, 6) is -1.94. The predicted molar refractivity (Wildman–Crippen MR) is 71.4 cm³/mol. The van der Waals surface area contributed by atoms with E-state index in [4.69, 9.17) is 28.9 Å². The van der Waals surface area contributed by atoms with E-state index in [1.807, 2.05) is 0 Å². The molecule has 6 heteroatoms. The van der Waals surface area contributed by atoms with Crippen LogP contribution in [0.4, 0.5) is 14.5 Å². The Bertz CT molecular complexity index is 605. The summed E-state index contributed by atoms with van der Waals surface area (Å²) in [5.41, 5.74) is 5.77. The molecule has 2 aromatic rings. The Morgan fingerprint density at radius 1 is 1.06 bits per heavy atom. The van der Waals surface area contributed by atoms with Crippen LogP contribution in [0.2, 0.25) is 10.0 Å². The molecule has 0 radical (unpaired) electrons. The highest BCUT2D eigenvalue weighted by Gasteiger charge is 2.15. The maximum atomic E-state index is 13.6. The van der Waals surface area contributed by atoms with Gasteiger partial charge in [-0.2, -0.15) is 0 Å². The summed E-state index contributed by atoms with van der Waals surface area (Å²) in [6, 6.07) is 7.05. The first kappa shape index (κ1) is 13.5. The summed E-state index contributed by atoms with van der Waals surface area (Å²) in [7, 11) is 0. The molecule has 0 aliphatic heterocycles. The predicted octanol–water partition coefficient (Wildman–Crippen LogP) is 5.01. The van der Waals surface area contributed by atoms with Crippen molar-refractivity contribution in [2.24, 2.45) is 0 Å². The zero-order chi connectivity index (χ0) is 13.3. The molecule has 2 aromatic carbocycles. The van der Waals surface area contributed by atoms with Gasteiger partial charge in [0.1, 0.15) is 0 Å². The summed E-state index contributed by atoms with van der Waals surface area (Å²) in [5, 5.41) is 0.852. The SMILES string of the molecule is Nc1ccc(F)c(F)c1Sc1cc(Cl)ccc1Cl. The van der Waals surface area contributed by atoms with Gasteiger partial charge in [-0.05, 0) is 30.3 Å². The zero-order valence-corrected chi connectivity index (χ0v) is 11.2. The van der Waals surface area contributed by atoms with Crippen LogP contribution in [-0.2, 0) is 0 Å². The molecular weight excluding hydrogens is 299 g/mol. The Morgan fingerprint density at radius 3 is 2.50 bits per heavy atom. The molecule has 2 N–H and O–H groups in total. The normalized spacial score (nSPS) is 10.7. The standard InChI is InChI=1S/C12H7Cl2F2NS/c13-6-1-2-7(14)10(5-6)18-12-9(17)4-3-8(15)11(12)16/h1-5H,17H2. The van der Waals surface area contributed by atoms with Crippen LogP contribution in [0.25, 0.3) is 0 Å². The van der Waals surface area contributed by atoms with Crippen molar-refractivity contribution in [1.82, 2.24) is 0 Å². The third-order valence-electron chi connectivity index (χ3n) is 2.19. The highest BCUT2D eigenvalue weighted by Crippen LogP contribution is 2.39. The van der Waals surface area contributed by atoms with Crippen molar-refractivity contribution in [1.29, 1.82) is 0 Å². The van der Waals surface area contributed by atoms with E-state index in [0.717, 1.165) is 17.8 Å². The smallest absolute Gasteiger partial charge is 0.174 e. The fourth-order valence-corrected chi connectivity index (χ4v) is 2.73. The van der Waals surface area contributed by atoms with Gasteiger partial charge in [-0.25, -0.2) is 8.78 Å². The lowest BCUT2D eigenvalue weighted by Crippen LogP contribution is -1.95. The average Bonchev–Trinajstić information content (AvgIpc) is 2.34. The van der Waals surface area contributed by atoms with E-state index in [1.54, 1.807) is 18.2 Å². The molecule has 0 atom stereocenters. The van der Waals surface area contributed by atoms with Gasteiger partial charge in [-0.15, -0.1) is 0 Å². The van der Waals surface area contributed by atoms with E-state index in [-0.39, 0.29) is 10.6 Å². The minimum atomic E-state index is -0.990.